The van der Waals surface area contributed by atoms with Crippen LogP contribution >= 0.6 is 0 Å². The number of ether oxygens (including phenoxy) is 2. The van der Waals surface area contributed by atoms with Crippen molar-refractivity contribution in [2.45, 2.75) is 44.8 Å². The van der Waals surface area contributed by atoms with E-state index in [0.717, 1.165) is 39.3 Å². The summed E-state index contributed by atoms with van der Waals surface area (Å²) in [5, 5.41) is 7.73. The number of nitrogens with one attached hydrogen (secondary N) is 1. The van der Waals surface area contributed by atoms with Crippen LogP contribution in [0, 0.1) is 0 Å². The van der Waals surface area contributed by atoms with Crippen molar-refractivity contribution in [1.82, 2.24) is 15.1 Å². The average Bonchev–Trinajstić information content (AvgIpc) is 2.90. The van der Waals surface area contributed by atoms with Gasteiger partial charge in [-0.1, -0.05) is 0 Å². The first-order valence-corrected chi connectivity index (χ1v) is 7.76. The largest absolute Gasteiger partial charge is 0.376 e. The van der Waals surface area contributed by atoms with Crippen molar-refractivity contribution < 1.29 is 9.47 Å². The molecule has 0 radical (unpaired) electrons. The van der Waals surface area contributed by atoms with Crippen LogP contribution in [0.25, 0.3) is 0 Å². The van der Waals surface area contributed by atoms with E-state index in [9.17, 15) is 0 Å². The van der Waals surface area contributed by atoms with Crippen molar-refractivity contribution in [2.24, 2.45) is 0 Å². The quantitative estimate of drug-likeness (QED) is 0.888. The Labute approximate surface area is 120 Å². The van der Waals surface area contributed by atoms with Gasteiger partial charge in [0.2, 0.25) is 0 Å². The first kappa shape index (κ1) is 14.0. The third kappa shape index (κ3) is 3.40. The van der Waals surface area contributed by atoms with Gasteiger partial charge in [-0.25, -0.2) is 0 Å². The van der Waals surface area contributed by atoms with E-state index < -0.39 is 0 Å². The molecule has 1 unspecified atom stereocenters. The van der Waals surface area contributed by atoms with Gasteiger partial charge in [0.05, 0.1) is 31.6 Å². The molecule has 5 heteroatoms. The summed E-state index contributed by atoms with van der Waals surface area (Å²) in [6, 6.07) is 0. The van der Waals surface area contributed by atoms with Crippen molar-refractivity contribution in [3.05, 3.63) is 17.0 Å². The van der Waals surface area contributed by atoms with Crippen LogP contribution in [0.4, 0.5) is 0 Å². The fraction of sp³-hybridized carbons (Fsp3) is 0.800. The number of H-pyrrole nitrogens is 1. The zero-order chi connectivity index (χ0) is 13.8. The van der Waals surface area contributed by atoms with Crippen molar-refractivity contribution in [2.75, 3.05) is 33.4 Å². The van der Waals surface area contributed by atoms with Gasteiger partial charge in [-0.3, -0.25) is 5.10 Å². The van der Waals surface area contributed by atoms with E-state index in [2.05, 4.69) is 22.1 Å². The molecule has 1 saturated heterocycles. The van der Waals surface area contributed by atoms with Crippen LogP contribution in [-0.2, 0) is 28.9 Å². The van der Waals surface area contributed by atoms with E-state index in [-0.39, 0.29) is 6.10 Å². The molecule has 1 aromatic rings. The minimum absolute atomic E-state index is 0.263. The second-order valence-electron chi connectivity index (χ2n) is 5.93. The Morgan fingerprint density at radius 3 is 3.05 bits per heavy atom. The predicted molar refractivity (Wildman–Crippen MR) is 76.7 cm³/mol. The fourth-order valence-corrected chi connectivity index (χ4v) is 3.08. The van der Waals surface area contributed by atoms with Crippen LogP contribution in [-0.4, -0.2) is 54.6 Å². The molecule has 0 bridgehead atoms. The van der Waals surface area contributed by atoms with Crippen molar-refractivity contribution in [3.8, 4) is 0 Å². The summed E-state index contributed by atoms with van der Waals surface area (Å²) in [6.45, 7) is 4.17. The fourth-order valence-electron chi connectivity index (χ4n) is 3.08. The van der Waals surface area contributed by atoms with E-state index in [1.165, 1.54) is 42.6 Å². The van der Waals surface area contributed by atoms with Gasteiger partial charge in [0.15, 0.2) is 0 Å². The van der Waals surface area contributed by atoms with Gasteiger partial charge in [0.1, 0.15) is 0 Å². The third-order valence-electron chi connectivity index (χ3n) is 4.28. The monoisotopic (exact) mass is 279 g/mol. The van der Waals surface area contributed by atoms with E-state index >= 15 is 0 Å². The van der Waals surface area contributed by atoms with Crippen LogP contribution in [0.15, 0.2) is 0 Å². The highest BCUT2D eigenvalue weighted by molar-refractivity contribution is 5.27. The molecule has 0 aromatic carbocycles. The normalized spacial score (nSPS) is 23.0. The van der Waals surface area contributed by atoms with Gasteiger partial charge in [-0.15, -0.1) is 0 Å². The standard InChI is InChI=1S/C15H25N3O2/c1-18(7-6-12-11-19-8-9-20-12)10-15-13-4-2-3-5-14(13)16-17-15/h12H,2-11H2,1H3,(H,16,17). The van der Waals surface area contributed by atoms with E-state index in [0.29, 0.717) is 0 Å². The number of hydrogen-bond donors (Lipinski definition) is 1. The molecule has 2 aliphatic rings. The zero-order valence-electron chi connectivity index (χ0n) is 12.4. The molecule has 0 spiro atoms. The van der Waals surface area contributed by atoms with Crippen LogP contribution in [0.3, 0.4) is 0 Å². The highest BCUT2D eigenvalue weighted by atomic mass is 16.6. The van der Waals surface area contributed by atoms with E-state index in [1.54, 1.807) is 0 Å². The van der Waals surface area contributed by atoms with Gasteiger partial charge in [0, 0.05) is 18.8 Å². The topological polar surface area (TPSA) is 50.4 Å². The van der Waals surface area contributed by atoms with Crippen LogP contribution in [0.2, 0.25) is 0 Å². The molecule has 5 nitrogen and oxygen atoms in total. The zero-order valence-corrected chi connectivity index (χ0v) is 12.4. The highest BCUT2D eigenvalue weighted by Gasteiger charge is 2.19. The number of hydrogen-bond acceptors (Lipinski definition) is 4. The molecule has 1 aromatic heterocycles. The molecule has 20 heavy (non-hydrogen) atoms. The summed E-state index contributed by atoms with van der Waals surface area (Å²) in [7, 11) is 2.16. The highest BCUT2D eigenvalue weighted by Crippen LogP contribution is 2.22. The maximum Gasteiger partial charge on any atom is 0.0821 e. The number of nitrogens with zero attached hydrogens (tertiary/aromatic N) is 2. The van der Waals surface area contributed by atoms with Gasteiger partial charge in [-0.2, -0.15) is 5.10 Å². The van der Waals surface area contributed by atoms with Crippen LogP contribution in [0.5, 0.6) is 0 Å². The lowest BCUT2D eigenvalue weighted by molar-refractivity contribution is -0.0924. The van der Waals surface area contributed by atoms with E-state index in [1.807, 2.05) is 0 Å². The second-order valence-corrected chi connectivity index (χ2v) is 5.93. The SMILES string of the molecule is CN(CCC1COCCO1)Cc1n[nH]c2c1CCCC2. The molecule has 1 fully saturated rings. The van der Waals surface area contributed by atoms with E-state index in [4.69, 9.17) is 9.47 Å². The number of aromatic nitrogens is 2. The summed E-state index contributed by atoms with van der Waals surface area (Å²) >= 11 is 0. The summed E-state index contributed by atoms with van der Waals surface area (Å²) in [6.07, 6.45) is 6.25. The van der Waals surface area contributed by atoms with Gasteiger partial charge < -0.3 is 14.4 Å². The molecular weight excluding hydrogens is 254 g/mol. The Morgan fingerprint density at radius 1 is 1.30 bits per heavy atom. The summed E-state index contributed by atoms with van der Waals surface area (Å²) in [4.78, 5) is 2.34. The minimum atomic E-state index is 0.263. The van der Waals surface area contributed by atoms with Gasteiger partial charge in [0.25, 0.3) is 0 Å². The molecule has 1 N–H and O–H groups in total. The Morgan fingerprint density at radius 2 is 2.20 bits per heavy atom. The molecule has 1 aliphatic heterocycles. The third-order valence-corrected chi connectivity index (χ3v) is 4.28. The smallest absolute Gasteiger partial charge is 0.0821 e. The number of rotatable bonds is 5. The Bertz CT molecular complexity index is 427. The summed E-state index contributed by atoms with van der Waals surface area (Å²) in [5.41, 5.74) is 4.08. The van der Waals surface area contributed by atoms with Crippen LogP contribution in [0.1, 0.15) is 36.2 Å². The van der Waals surface area contributed by atoms with Crippen LogP contribution < -0.4 is 0 Å². The number of aromatic amines is 1. The average molecular weight is 279 g/mol. The maximum absolute atomic E-state index is 5.68. The second kappa shape index (κ2) is 6.70. The molecule has 0 saturated carbocycles. The number of fused-ring (bicyclic) bond motifs is 1. The first-order chi connectivity index (χ1) is 9.83. The Balaban J connectivity index is 1.48. The lowest BCUT2D eigenvalue weighted by Crippen LogP contribution is -2.32. The molecule has 0 amide bonds. The lowest BCUT2D eigenvalue weighted by Gasteiger charge is -2.25. The van der Waals surface area contributed by atoms with Crippen molar-refractivity contribution >= 4 is 0 Å². The van der Waals surface area contributed by atoms with Gasteiger partial charge >= 0.3 is 0 Å². The summed E-state index contributed by atoms with van der Waals surface area (Å²) < 4.78 is 11.1. The Hall–Kier alpha value is -0.910. The first-order valence-electron chi connectivity index (χ1n) is 7.76. The predicted octanol–water partition coefficient (Wildman–Crippen LogP) is 1.53. The molecule has 112 valence electrons. The lowest BCUT2D eigenvalue weighted by atomic mass is 9.96. The molecule has 1 atom stereocenters. The van der Waals surface area contributed by atoms with Gasteiger partial charge in [-0.05, 0) is 44.7 Å². The summed E-state index contributed by atoms with van der Waals surface area (Å²) in [5.74, 6) is 0. The Kier molecular flexibility index (Phi) is 4.70. The van der Waals surface area contributed by atoms with Crippen molar-refractivity contribution in [1.29, 1.82) is 0 Å². The maximum atomic E-state index is 5.68. The number of aryl methyl sites for hydroxylation is 1. The van der Waals surface area contributed by atoms with Crippen molar-refractivity contribution in [3.63, 3.8) is 0 Å². The molecule has 3 rings (SSSR count). The molecule has 1 aliphatic carbocycles. The molecule has 2 heterocycles. The molecular formula is C15H25N3O2. The minimum Gasteiger partial charge on any atom is -0.376 e.